The highest BCUT2D eigenvalue weighted by molar-refractivity contribution is 5.88. The quantitative estimate of drug-likeness (QED) is 0.499. The van der Waals surface area contributed by atoms with Crippen molar-refractivity contribution in [3.05, 3.63) is 89.6 Å². The lowest BCUT2D eigenvalue weighted by molar-refractivity contribution is 0.983. The Kier molecular flexibility index (Phi) is 3.91. The normalized spacial score (nSPS) is 11.0. The number of anilines is 1. The van der Waals surface area contributed by atoms with Gasteiger partial charge in [-0.3, -0.25) is 14.9 Å². The molecule has 29 heavy (non-hydrogen) atoms. The number of nitrogens with zero attached hydrogens (tertiary/aromatic N) is 4. The fourth-order valence-corrected chi connectivity index (χ4v) is 3.45. The van der Waals surface area contributed by atoms with Crippen LogP contribution in [0.15, 0.2) is 84.0 Å². The zero-order chi connectivity index (χ0) is 19.8. The van der Waals surface area contributed by atoms with E-state index in [0.717, 1.165) is 22.4 Å². The number of H-pyrrole nitrogens is 1. The maximum Gasteiger partial charge on any atom is 0.267 e. The zero-order valence-electron chi connectivity index (χ0n) is 15.3. The molecule has 0 fully saturated rings. The largest absolute Gasteiger partial charge is 0.369 e. The van der Waals surface area contributed by atoms with Crippen molar-refractivity contribution in [3.63, 3.8) is 0 Å². The molecule has 5 rings (SSSR count). The van der Waals surface area contributed by atoms with Crippen LogP contribution in [0.1, 0.15) is 0 Å². The molecule has 7 nitrogen and oxygen atoms in total. The molecule has 0 unspecified atom stereocenters. The third kappa shape index (κ3) is 2.85. The zero-order valence-corrected chi connectivity index (χ0v) is 15.3. The first-order valence-electron chi connectivity index (χ1n) is 9.04. The van der Waals surface area contributed by atoms with Crippen LogP contribution in [0.2, 0.25) is 0 Å². The van der Waals surface area contributed by atoms with Crippen LogP contribution in [-0.4, -0.2) is 24.7 Å². The number of aromatic nitrogens is 5. The van der Waals surface area contributed by atoms with Gasteiger partial charge >= 0.3 is 0 Å². The van der Waals surface area contributed by atoms with Gasteiger partial charge in [0.25, 0.3) is 5.56 Å². The molecule has 140 valence electrons. The van der Waals surface area contributed by atoms with E-state index in [0.29, 0.717) is 16.6 Å². The van der Waals surface area contributed by atoms with Gasteiger partial charge in [-0.25, -0.2) is 9.55 Å². The van der Waals surface area contributed by atoms with E-state index < -0.39 is 0 Å². The van der Waals surface area contributed by atoms with Crippen molar-refractivity contribution in [1.29, 1.82) is 0 Å². The number of pyridine rings is 1. The average Bonchev–Trinajstić information content (AvgIpc) is 3.29. The summed E-state index contributed by atoms with van der Waals surface area (Å²) < 4.78 is 1.42. The second-order valence-electron chi connectivity index (χ2n) is 6.56. The fraction of sp³-hybridized carbons (Fsp3) is 0. The fourth-order valence-electron chi connectivity index (χ4n) is 3.45. The van der Waals surface area contributed by atoms with Crippen LogP contribution in [0.25, 0.3) is 39.0 Å². The van der Waals surface area contributed by atoms with E-state index in [9.17, 15) is 4.79 Å². The SMILES string of the molecule is Nc1nc2ccc(-c3cccnc3-c3cn[nH]c3)cc2c(=O)n1-c1ccccc1. The van der Waals surface area contributed by atoms with Crippen molar-refractivity contribution in [2.24, 2.45) is 0 Å². The Bertz CT molecular complexity index is 1370. The predicted molar refractivity (Wildman–Crippen MR) is 113 cm³/mol. The number of fused-ring (bicyclic) bond motifs is 1. The number of nitrogens with one attached hydrogen (secondary N) is 1. The number of para-hydroxylation sites is 1. The van der Waals surface area contributed by atoms with Crippen LogP contribution in [0.3, 0.4) is 0 Å². The summed E-state index contributed by atoms with van der Waals surface area (Å²) in [5.41, 5.74) is 10.5. The molecule has 0 saturated carbocycles. The highest BCUT2D eigenvalue weighted by atomic mass is 16.1. The number of rotatable bonds is 3. The number of nitrogen functional groups attached to an aromatic ring is 1. The van der Waals surface area contributed by atoms with E-state index in [2.05, 4.69) is 20.2 Å². The van der Waals surface area contributed by atoms with Gasteiger partial charge in [0.15, 0.2) is 0 Å². The monoisotopic (exact) mass is 380 g/mol. The molecule has 3 heterocycles. The number of aromatic amines is 1. The molecule has 0 aliphatic rings. The Morgan fingerprint density at radius 2 is 1.83 bits per heavy atom. The summed E-state index contributed by atoms with van der Waals surface area (Å²) in [6, 6.07) is 18.7. The van der Waals surface area contributed by atoms with E-state index in [1.165, 1.54) is 4.57 Å². The smallest absolute Gasteiger partial charge is 0.267 e. The van der Waals surface area contributed by atoms with Gasteiger partial charge in [-0.2, -0.15) is 5.10 Å². The maximum atomic E-state index is 13.3. The minimum absolute atomic E-state index is 0.155. The van der Waals surface area contributed by atoms with E-state index in [1.54, 1.807) is 18.6 Å². The number of nitrogens with two attached hydrogens (primary N) is 1. The molecule has 7 heteroatoms. The highest BCUT2D eigenvalue weighted by Gasteiger charge is 2.14. The van der Waals surface area contributed by atoms with Gasteiger partial charge in [0.2, 0.25) is 5.95 Å². The summed E-state index contributed by atoms with van der Waals surface area (Å²) in [7, 11) is 0. The van der Waals surface area contributed by atoms with Crippen molar-refractivity contribution in [3.8, 4) is 28.1 Å². The first kappa shape index (κ1) is 16.9. The Morgan fingerprint density at radius 1 is 0.966 bits per heavy atom. The topological polar surface area (TPSA) is 102 Å². The molecule has 0 aliphatic heterocycles. The van der Waals surface area contributed by atoms with Crippen molar-refractivity contribution < 1.29 is 0 Å². The third-order valence-electron chi connectivity index (χ3n) is 4.80. The Labute approximate surface area is 165 Å². The van der Waals surface area contributed by atoms with Gasteiger partial charge in [0.1, 0.15) is 0 Å². The molecule has 5 aromatic rings. The van der Waals surface area contributed by atoms with Crippen molar-refractivity contribution in [1.82, 2.24) is 24.7 Å². The van der Waals surface area contributed by atoms with Crippen LogP contribution in [-0.2, 0) is 0 Å². The maximum absolute atomic E-state index is 13.3. The molecule has 2 aromatic carbocycles. The summed E-state index contributed by atoms with van der Waals surface area (Å²) in [5.74, 6) is 0.155. The lowest BCUT2D eigenvalue weighted by atomic mass is 10.00. The highest BCUT2D eigenvalue weighted by Crippen LogP contribution is 2.31. The first-order chi connectivity index (χ1) is 14.2. The lowest BCUT2D eigenvalue weighted by Gasteiger charge is -2.12. The van der Waals surface area contributed by atoms with E-state index in [1.807, 2.05) is 60.7 Å². The van der Waals surface area contributed by atoms with E-state index >= 15 is 0 Å². The van der Waals surface area contributed by atoms with Crippen LogP contribution in [0.5, 0.6) is 0 Å². The minimum atomic E-state index is -0.214. The van der Waals surface area contributed by atoms with Crippen molar-refractivity contribution in [2.45, 2.75) is 0 Å². The van der Waals surface area contributed by atoms with Gasteiger partial charge in [-0.15, -0.1) is 0 Å². The molecule has 3 N–H and O–H groups in total. The van der Waals surface area contributed by atoms with Crippen LogP contribution in [0.4, 0.5) is 5.95 Å². The van der Waals surface area contributed by atoms with Crippen LogP contribution < -0.4 is 11.3 Å². The summed E-state index contributed by atoms with van der Waals surface area (Å²) >= 11 is 0. The predicted octanol–water partition coefficient (Wildman–Crippen LogP) is 3.42. The Hall–Kier alpha value is -4.26. The standard InChI is InChI=1S/C22H16N6O/c23-22-27-19-9-8-14(17-7-4-10-24-20(17)15-12-25-26-13-15)11-18(19)21(29)28(22)16-5-2-1-3-6-16/h1-13H,(H2,23,27)(H,25,26). The number of hydrogen-bond acceptors (Lipinski definition) is 5. The van der Waals surface area contributed by atoms with Crippen molar-refractivity contribution in [2.75, 3.05) is 5.73 Å². The third-order valence-corrected chi connectivity index (χ3v) is 4.80. The summed E-state index contributed by atoms with van der Waals surface area (Å²) in [5, 5.41) is 7.31. The summed E-state index contributed by atoms with van der Waals surface area (Å²) in [6.45, 7) is 0. The Balaban J connectivity index is 1.74. The number of benzene rings is 2. The summed E-state index contributed by atoms with van der Waals surface area (Å²) in [6.07, 6.45) is 5.24. The Morgan fingerprint density at radius 3 is 2.62 bits per heavy atom. The van der Waals surface area contributed by atoms with Gasteiger partial charge < -0.3 is 5.73 Å². The van der Waals surface area contributed by atoms with Gasteiger partial charge in [0.05, 0.1) is 28.5 Å². The molecular formula is C22H16N6O. The molecular weight excluding hydrogens is 364 g/mol. The molecule has 0 atom stereocenters. The molecule has 0 radical (unpaired) electrons. The van der Waals surface area contributed by atoms with Gasteiger partial charge in [-0.05, 0) is 35.9 Å². The van der Waals surface area contributed by atoms with Crippen LogP contribution in [0, 0.1) is 0 Å². The second-order valence-corrected chi connectivity index (χ2v) is 6.56. The van der Waals surface area contributed by atoms with E-state index in [-0.39, 0.29) is 11.5 Å². The minimum Gasteiger partial charge on any atom is -0.369 e. The molecule has 0 spiro atoms. The molecule has 3 aromatic heterocycles. The van der Waals surface area contributed by atoms with Gasteiger partial charge in [0, 0.05) is 23.5 Å². The molecule has 0 saturated heterocycles. The van der Waals surface area contributed by atoms with E-state index in [4.69, 9.17) is 5.73 Å². The second kappa shape index (κ2) is 6.72. The van der Waals surface area contributed by atoms with Crippen molar-refractivity contribution >= 4 is 16.9 Å². The molecule has 0 amide bonds. The lowest BCUT2D eigenvalue weighted by Crippen LogP contribution is -2.23. The van der Waals surface area contributed by atoms with Gasteiger partial charge in [-0.1, -0.05) is 30.3 Å². The summed E-state index contributed by atoms with van der Waals surface area (Å²) in [4.78, 5) is 22.2. The first-order valence-corrected chi connectivity index (χ1v) is 9.04. The number of hydrogen-bond donors (Lipinski definition) is 2. The molecule has 0 aliphatic carbocycles. The average molecular weight is 380 g/mol. The molecule has 0 bridgehead atoms. The van der Waals surface area contributed by atoms with Crippen LogP contribution >= 0.6 is 0 Å².